The summed E-state index contributed by atoms with van der Waals surface area (Å²) in [5, 5.41) is 20.1. The third-order valence-electron chi connectivity index (χ3n) is 14.4. The number of amides is 5. The van der Waals surface area contributed by atoms with Crippen molar-refractivity contribution in [2.45, 2.75) is 77.0 Å². The first-order valence-corrected chi connectivity index (χ1v) is 25.6. The van der Waals surface area contributed by atoms with Crippen LogP contribution in [0.4, 0.5) is 37.6 Å². The molecular weight excluding hydrogens is 977 g/mol. The van der Waals surface area contributed by atoms with Crippen molar-refractivity contribution in [2.75, 3.05) is 119 Å². The van der Waals surface area contributed by atoms with Gasteiger partial charge in [0.25, 0.3) is 11.8 Å². The summed E-state index contributed by atoms with van der Waals surface area (Å²) >= 11 is 0. The Balaban J connectivity index is 0.617. The molecule has 4 fully saturated rings. The average molecular weight is 1040 g/mol. The lowest BCUT2D eigenvalue weighted by Gasteiger charge is -2.48. The number of nitrogens with zero attached hydrogens (tertiary/aromatic N) is 9. The second-order valence-corrected chi connectivity index (χ2v) is 20.3. The number of piperidine rings is 3. The van der Waals surface area contributed by atoms with Crippen LogP contribution >= 0.6 is 0 Å². The molecule has 5 amide bonds. The number of hydrogen-bond acceptors (Lipinski definition) is 18. The second kappa shape index (κ2) is 23.9. The predicted molar refractivity (Wildman–Crippen MR) is 269 cm³/mol. The van der Waals surface area contributed by atoms with Gasteiger partial charge in [-0.15, -0.1) is 5.10 Å². The van der Waals surface area contributed by atoms with E-state index in [0.717, 1.165) is 30.8 Å². The molecule has 2 aromatic carbocycles. The summed E-state index contributed by atoms with van der Waals surface area (Å²) < 4.78 is 55.4. The van der Waals surface area contributed by atoms with E-state index in [0.29, 0.717) is 134 Å². The van der Waals surface area contributed by atoms with Gasteiger partial charge < -0.3 is 44.7 Å². The van der Waals surface area contributed by atoms with Crippen LogP contribution in [0.2, 0.25) is 0 Å². The van der Waals surface area contributed by atoms with E-state index >= 15 is 8.78 Å². The number of aromatic nitrogens is 5. The first-order valence-electron chi connectivity index (χ1n) is 25.6. The Bertz CT molecular complexity index is 2710. The van der Waals surface area contributed by atoms with Gasteiger partial charge in [0, 0.05) is 62.5 Å². The number of halogens is 2. The molecule has 22 nitrogen and oxygen atoms in total. The standard InChI is InChI=1S/C51H65F2N13O9/c1-50(2)8-13-62(14-9-50)29-34-26-37(53)40(27-36(34)52)64-31-45(68)59-51(32-64)10-15-63(16-11-51)43-28-41(55-33-56-43)57-42-30-65(61-60-42)17-19-73-21-23-75-25-24-74-22-20-72-18-12-54-38-5-3-4-35-46(38)49(71)66(48(35)70)39-6-7-44(67)58-47(39)69/h3-5,26-28,30,33,39,54H,6-25,29,31-32H2,1-2H3,(H,59,68)(H,55,56,57)(H,58,67,69). The molecule has 9 rings (SSSR count). The maximum Gasteiger partial charge on any atom is 0.264 e. The van der Waals surface area contributed by atoms with Crippen LogP contribution in [0, 0.1) is 17.0 Å². The summed E-state index contributed by atoms with van der Waals surface area (Å²) in [5.41, 5.74) is 0.957. The number of fused-ring (bicyclic) bond motifs is 1. The van der Waals surface area contributed by atoms with Gasteiger partial charge in [-0.05, 0) is 68.8 Å². The number of likely N-dealkylation sites (tertiary alicyclic amines) is 1. The normalized spacial score (nSPS) is 19.7. The smallest absolute Gasteiger partial charge is 0.264 e. The molecule has 4 N–H and O–H groups in total. The van der Waals surface area contributed by atoms with Gasteiger partial charge in [0.2, 0.25) is 17.7 Å². The lowest BCUT2D eigenvalue weighted by atomic mass is 9.82. The summed E-state index contributed by atoms with van der Waals surface area (Å²) in [4.78, 5) is 79.1. The Morgan fingerprint density at radius 2 is 1.49 bits per heavy atom. The minimum absolute atomic E-state index is 0.0474. The van der Waals surface area contributed by atoms with E-state index < -0.39 is 46.8 Å². The van der Waals surface area contributed by atoms with Crippen molar-refractivity contribution in [1.29, 1.82) is 0 Å². The van der Waals surface area contributed by atoms with E-state index in [2.05, 4.69) is 65.2 Å². The van der Waals surface area contributed by atoms with Crippen LogP contribution in [0.25, 0.3) is 0 Å². The maximum atomic E-state index is 15.7. The Hall–Kier alpha value is -6.73. The third-order valence-corrected chi connectivity index (χ3v) is 14.4. The lowest BCUT2D eigenvalue weighted by molar-refractivity contribution is -0.136. The largest absolute Gasteiger partial charge is 0.382 e. The summed E-state index contributed by atoms with van der Waals surface area (Å²) in [6, 6.07) is 8.24. The fourth-order valence-corrected chi connectivity index (χ4v) is 10.1. The first-order chi connectivity index (χ1) is 36.2. The summed E-state index contributed by atoms with van der Waals surface area (Å²) in [5.74, 6) is -1.70. The van der Waals surface area contributed by atoms with Crippen molar-refractivity contribution in [3.05, 3.63) is 77.2 Å². The van der Waals surface area contributed by atoms with Crippen LogP contribution in [0.3, 0.4) is 0 Å². The van der Waals surface area contributed by atoms with Crippen LogP contribution in [0.5, 0.6) is 0 Å². The van der Waals surface area contributed by atoms with Gasteiger partial charge in [-0.2, -0.15) is 0 Å². The minimum Gasteiger partial charge on any atom is -0.382 e. The molecule has 2 aromatic heterocycles. The van der Waals surface area contributed by atoms with Crippen LogP contribution in [-0.4, -0.2) is 175 Å². The zero-order valence-electron chi connectivity index (χ0n) is 42.4. The highest BCUT2D eigenvalue weighted by atomic mass is 19.1. The number of carbonyl (C=O) groups excluding carboxylic acids is 5. The number of anilines is 5. The molecule has 5 aliphatic rings. The first kappa shape index (κ1) is 53.1. The number of benzene rings is 2. The molecule has 1 spiro atoms. The van der Waals surface area contributed by atoms with Gasteiger partial charge in [0.1, 0.15) is 35.6 Å². The number of nitrogens with one attached hydrogen (secondary N) is 4. The molecule has 5 aliphatic heterocycles. The molecule has 4 aromatic rings. The Morgan fingerprint density at radius 3 is 2.23 bits per heavy atom. The SMILES string of the molecule is CC1(C)CCN(Cc2cc(F)c(N3CC(=O)NC4(CCN(c5cc(Nc6cn(CCOCCOCCOCCOCCNc7cccc8c7C(=O)N(C7CCC(=O)NC7=O)C8=O)nn6)ncn5)CC4)C3)cc2F)CC1. The summed E-state index contributed by atoms with van der Waals surface area (Å²) in [6.07, 6.45) is 6.55. The molecule has 75 heavy (non-hydrogen) atoms. The van der Waals surface area contributed by atoms with Crippen LogP contribution in [-0.2, 0) is 46.4 Å². The Morgan fingerprint density at radius 1 is 0.773 bits per heavy atom. The topological polar surface area (TPSA) is 240 Å². The molecule has 0 bridgehead atoms. The van der Waals surface area contributed by atoms with E-state index in [4.69, 9.17) is 18.9 Å². The summed E-state index contributed by atoms with van der Waals surface area (Å²) in [7, 11) is 0. The Labute approximate surface area is 433 Å². The molecule has 0 aliphatic carbocycles. The molecule has 1 atom stereocenters. The third kappa shape index (κ3) is 13.2. The minimum atomic E-state index is -1.03. The highest BCUT2D eigenvalue weighted by molar-refractivity contribution is 6.25. The zero-order chi connectivity index (χ0) is 52.5. The van der Waals surface area contributed by atoms with Crippen LogP contribution in [0.1, 0.15) is 78.7 Å². The number of carbonyl (C=O) groups is 5. The van der Waals surface area contributed by atoms with Crippen LogP contribution < -0.4 is 31.1 Å². The van der Waals surface area contributed by atoms with E-state index in [1.54, 1.807) is 34.0 Å². The molecule has 24 heteroatoms. The summed E-state index contributed by atoms with van der Waals surface area (Å²) in [6.45, 7) is 11.7. The molecule has 1 unspecified atom stereocenters. The predicted octanol–water partition coefficient (Wildman–Crippen LogP) is 3.27. The van der Waals surface area contributed by atoms with E-state index in [1.807, 2.05) is 6.07 Å². The van der Waals surface area contributed by atoms with Gasteiger partial charge in [-0.3, -0.25) is 39.1 Å². The average Bonchev–Trinajstić information content (AvgIpc) is 3.94. The van der Waals surface area contributed by atoms with Gasteiger partial charge in [-0.1, -0.05) is 25.1 Å². The number of imide groups is 2. The Kier molecular flexibility index (Phi) is 16.9. The van der Waals surface area contributed by atoms with Gasteiger partial charge >= 0.3 is 0 Å². The maximum absolute atomic E-state index is 15.7. The van der Waals surface area contributed by atoms with Crippen LogP contribution in [0.15, 0.2) is 48.9 Å². The fourth-order valence-electron chi connectivity index (χ4n) is 10.1. The molecule has 7 heterocycles. The lowest BCUT2D eigenvalue weighted by Crippen LogP contribution is -2.66. The van der Waals surface area contributed by atoms with Crippen molar-refractivity contribution < 1.29 is 51.7 Å². The van der Waals surface area contributed by atoms with E-state index in [9.17, 15) is 24.0 Å². The monoisotopic (exact) mass is 1040 g/mol. The van der Waals surface area contributed by atoms with Gasteiger partial charge in [0.05, 0.1) is 94.5 Å². The quantitative estimate of drug-likeness (QED) is 0.0616. The van der Waals surface area contributed by atoms with Gasteiger partial charge in [-0.25, -0.2) is 23.4 Å². The van der Waals surface area contributed by atoms with Crippen molar-refractivity contribution in [1.82, 2.24) is 45.4 Å². The fraction of sp³-hybridized carbons (Fsp3) is 0.549. The van der Waals surface area contributed by atoms with Gasteiger partial charge in [0.15, 0.2) is 5.82 Å². The van der Waals surface area contributed by atoms with E-state index in [1.165, 1.54) is 18.5 Å². The van der Waals surface area contributed by atoms with E-state index in [-0.39, 0.29) is 47.5 Å². The highest BCUT2D eigenvalue weighted by Gasteiger charge is 2.46. The molecule has 0 saturated carbocycles. The van der Waals surface area contributed by atoms with Crippen molar-refractivity contribution in [3.8, 4) is 0 Å². The molecule has 4 saturated heterocycles. The van der Waals surface area contributed by atoms with Crippen molar-refractivity contribution >= 4 is 58.4 Å². The second-order valence-electron chi connectivity index (χ2n) is 20.3. The molecular formula is C51H65F2N13O9. The number of hydrogen-bond donors (Lipinski definition) is 4. The number of ether oxygens (including phenoxy) is 4. The van der Waals surface area contributed by atoms with Crippen molar-refractivity contribution in [3.63, 3.8) is 0 Å². The zero-order valence-corrected chi connectivity index (χ0v) is 42.4. The van der Waals surface area contributed by atoms with Crippen molar-refractivity contribution in [2.24, 2.45) is 5.41 Å². The number of rotatable bonds is 23. The number of piperazine rings is 1. The molecule has 402 valence electrons. The molecule has 0 radical (unpaired) electrons. The highest BCUT2D eigenvalue weighted by Crippen LogP contribution is 2.36.